The number of nitrogens with one attached hydrogen (secondary N) is 1. The maximum atomic E-state index is 12.3. The highest BCUT2D eigenvalue weighted by atomic mass is 16.5. The van der Waals surface area contributed by atoms with Gasteiger partial charge < -0.3 is 14.8 Å². The van der Waals surface area contributed by atoms with Gasteiger partial charge >= 0.3 is 0 Å². The number of hydrogen-bond acceptors (Lipinski definition) is 3. The van der Waals surface area contributed by atoms with Gasteiger partial charge in [0.2, 0.25) is 5.91 Å². The van der Waals surface area contributed by atoms with Gasteiger partial charge in [-0.25, -0.2) is 0 Å². The normalized spacial score (nSPS) is 13.2. The van der Waals surface area contributed by atoms with Crippen LogP contribution in [0.5, 0.6) is 11.5 Å². The minimum atomic E-state index is -0.00681. The van der Waals surface area contributed by atoms with E-state index in [-0.39, 0.29) is 5.91 Å². The molecule has 1 aliphatic rings. The summed E-state index contributed by atoms with van der Waals surface area (Å²) in [6, 6.07) is 20.1. The Balaban J connectivity index is 1.38. The first-order valence-corrected chi connectivity index (χ1v) is 8.95. The molecule has 4 heteroatoms. The first-order chi connectivity index (χ1) is 12.8. The van der Waals surface area contributed by atoms with Crippen LogP contribution in [0.4, 0.5) is 5.69 Å². The topological polar surface area (TPSA) is 47.6 Å². The van der Waals surface area contributed by atoms with E-state index >= 15 is 0 Å². The molecule has 0 radical (unpaired) electrons. The van der Waals surface area contributed by atoms with E-state index in [9.17, 15) is 4.79 Å². The first-order valence-electron chi connectivity index (χ1n) is 8.95. The predicted molar refractivity (Wildman–Crippen MR) is 103 cm³/mol. The Morgan fingerprint density at radius 2 is 1.69 bits per heavy atom. The monoisotopic (exact) mass is 347 g/mol. The van der Waals surface area contributed by atoms with Crippen LogP contribution in [0, 0.1) is 0 Å². The first kappa shape index (κ1) is 16.5. The van der Waals surface area contributed by atoms with Crippen LogP contribution in [-0.4, -0.2) is 19.1 Å². The van der Waals surface area contributed by atoms with Gasteiger partial charge in [0.05, 0.1) is 13.2 Å². The molecule has 0 spiro atoms. The van der Waals surface area contributed by atoms with E-state index < -0.39 is 0 Å². The van der Waals surface area contributed by atoms with Crippen LogP contribution in [0.3, 0.4) is 0 Å². The highest BCUT2D eigenvalue weighted by Gasteiger charge is 2.12. The van der Waals surface area contributed by atoms with Crippen molar-refractivity contribution in [1.29, 1.82) is 0 Å². The summed E-state index contributed by atoms with van der Waals surface area (Å²) in [5, 5.41) is 5.36. The summed E-state index contributed by atoms with van der Waals surface area (Å²) in [5.41, 5.74) is 1.90. The average Bonchev–Trinajstić information content (AvgIpc) is 2.91. The second kappa shape index (κ2) is 7.48. The highest BCUT2D eigenvalue weighted by Crippen LogP contribution is 2.32. The smallest absolute Gasteiger partial charge is 0.224 e. The largest absolute Gasteiger partial charge is 0.490 e. The van der Waals surface area contributed by atoms with Crippen molar-refractivity contribution in [3.8, 4) is 11.5 Å². The number of anilines is 1. The predicted octanol–water partition coefficient (Wildman–Crippen LogP) is 4.57. The molecular weight excluding hydrogens is 326 g/mol. The standard InChI is InChI=1S/C22H21NO3/c24-22(11-7-16-6-8-17-4-1-2-5-18(17)14-16)23-19-9-10-20-21(15-19)26-13-3-12-25-20/h1-2,4-6,8-10,14-15H,3,7,11-13H2,(H,23,24). The fraction of sp³-hybridized carbons (Fsp3) is 0.227. The van der Waals surface area contributed by atoms with E-state index in [0.29, 0.717) is 31.8 Å². The Morgan fingerprint density at radius 1 is 0.885 bits per heavy atom. The molecule has 0 unspecified atom stereocenters. The summed E-state index contributed by atoms with van der Waals surface area (Å²) < 4.78 is 11.3. The van der Waals surface area contributed by atoms with Crippen molar-refractivity contribution in [3.05, 3.63) is 66.2 Å². The Bertz CT molecular complexity index is 936. The van der Waals surface area contributed by atoms with Crippen LogP contribution >= 0.6 is 0 Å². The van der Waals surface area contributed by atoms with Crippen LogP contribution < -0.4 is 14.8 Å². The Kier molecular flexibility index (Phi) is 4.73. The van der Waals surface area contributed by atoms with Crippen LogP contribution in [0.2, 0.25) is 0 Å². The SMILES string of the molecule is O=C(CCc1ccc2ccccc2c1)Nc1ccc2c(c1)OCCCO2. The zero-order chi connectivity index (χ0) is 17.8. The van der Waals surface area contributed by atoms with Crippen LogP contribution in [0.25, 0.3) is 10.8 Å². The Labute approximate surface area is 152 Å². The molecule has 3 aromatic rings. The van der Waals surface area contributed by atoms with E-state index in [1.807, 2.05) is 30.3 Å². The third-order valence-electron chi connectivity index (χ3n) is 4.49. The second-order valence-corrected chi connectivity index (χ2v) is 6.44. The highest BCUT2D eigenvalue weighted by molar-refractivity contribution is 5.91. The lowest BCUT2D eigenvalue weighted by Crippen LogP contribution is -2.12. The van der Waals surface area contributed by atoms with Crippen molar-refractivity contribution in [3.63, 3.8) is 0 Å². The third-order valence-corrected chi connectivity index (χ3v) is 4.49. The number of fused-ring (bicyclic) bond motifs is 2. The molecule has 26 heavy (non-hydrogen) atoms. The number of rotatable bonds is 4. The fourth-order valence-electron chi connectivity index (χ4n) is 3.12. The molecule has 4 rings (SSSR count). The van der Waals surface area contributed by atoms with E-state index in [4.69, 9.17) is 9.47 Å². The summed E-state index contributed by atoms with van der Waals surface area (Å²) >= 11 is 0. The Hall–Kier alpha value is -3.01. The van der Waals surface area contributed by atoms with Crippen molar-refractivity contribution >= 4 is 22.4 Å². The van der Waals surface area contributed by atoms with Gasteiger partial charge in [-0.3, -0.25) is 4.79 Å². The van der Waals surface area contributed by atoms with Crippen molar-refractivity contribution in [2.75, 3.05) is 18.5 Å². The van der Waals surface area contributed by atoms with Crippen molar-refractivity contribution in [2.45, 2.75) is 19.3 Å². The molecular formula is C22H21NO3. The Morgan fingerprint density at radius 3 is 2.58 bits per heavy atom. The number of aryl methyl sites for hydroxylation is 1. The molecule has 0 aliphatic carbocycles. The summed E-state index contributed by atoms with van der Waals surface area (Å²) in [6.45, 7) is 1.29. The molecule has 0 atom stereocenters. The summed E-state index contributed by atoms with van der Waals surface area (Å²) in [6.07, 6.45) is 2.01. The van der Waals surface area contributed by atoms with Gasteiger partial charge in [-0.2, -0.15) is 0 Å². The van der Waals surface area contributed by atoms with Gasteiger partial charge in [0, 0.05) is 24.6 Å². The van der Waals surface area contributed by atoms with Crippen LogP contribution in [0.15, 0.2) is 60.7 Å². The molecule has 3 aromatic carbocycles. The minimum Gasteiger partial charge on any atom is -0.490 e. The number of hydrogen-bond donors (Lipinski definition) is 1. The van der Waals surface area contributed by atoms with Gasteiger partial charge in [0.25, 0.3) is 0 Å². The molecule has 1 heterocycles. The molecule has 0 bridgehead atoms. The molecule has 0 saturated heterocycles. The molecule has 1 N–H and O–H groups in total. The lowest BCUT2D eigenvalue weighted by atomic mass is 10.0. The van der Waals surface area contributed by atoms with Gasteiger partial charge in [-0.05, 0) is 34.9 Å². The number of ether oxygens (including phenoxy) is 2. The van der Waals surface area contributed by atoms with Gasteiger partial charge in [0.15, 0.2) is 11.5 Å². The summed E-state index contributed by atoms with van der Waals surface area (Å²) in [7, 11) is 0. The van der Waals surface area contributed by atoms with Gasteiger partial charge in [-0.1, -0.05) is 42.5 Å². The molecule has 0 aromatic heterocycles. The average molecular weight is 347 g/mol. The fourth-order valence-corrected chi connectivity index (χ4v) is 3.12. The molecule has 1 aliphatic heterocycles. The number of benzene rings is 3. The van der Waals surface area contributed by atoms with E-state index in [2.05, 4.69) is 35.6 Å². The lowest BCUT2D eigenvalue weighted by molar-refractivity contribution is -0.116. The summed E-state index contributed by atoms with van der Waals surface area (Å²) in [4.78, 5) is 12.3. The van der Waals surface area contributed by atoms with Crippen LogP contribution in [0.1, 0.15) is 18.4 Å². The van der Waals surface area contributed by atoms with E-state index in [0.717, 1.165) is 23.4 Å². The van der Waals surface area contributed by atoms with E-state index in [1.54, 1.807) is 0 Å². The van der Waals surface area contributed by atoms with Crippen molar-refractivity contribution < 1.29 is 14.3 Å². The van der Waals surface area contributed by atoms with Gasteiger partial charge in [-0.15, -0.1) is 0 Å². The number of carbonyl (C=O) groups is 1. The maximum Gasteiger partial charge on any atom is 0.224 e. The minimum absolute atomic E-state index is 0.00681. The van der Waals surface area contributed by atoms with Gasteiger partial charge in [0.1, 0.15) is 0 Å². The lowest BCUT2D eigenvalue weighted by Gasteiger charge is -2.10. The van der Waals surface area contributed by atoms with Crippen molar-refractivity contribution in [1.82, 2.24) is 0 Å². The molecule has 4 nitrogen and oxygen atoms in total. The molecule has 1 amide bonds. The maximum absolute atomic E-state index is 12.3. The summed E-state index contributed by atoms with van der Waals surface area (Å²) in [5.74, 6) is 1.42. The zero-order valence-electron chi connectivity index (χ0n) is 14.5. The number of amides is 1. The molecule has 0 fully saturated rings. The third kappa shape index (κ3) is 3.80. The quantitative estimate of drug-likeness (QED) is 0.752. The second-order valence-electron chi connectivity index (χ2n) is 6.44. The molecule has 0 saturated carbocycles. The van der Waals surface area contributed by atoms with Crippen LogP contribution in [-0.2, 0) is 11.2 Å². The molecule has 132 valence electrons. The zero-order valence-corrected chi connectivity index (χ0v) is 14.5. The number of carbonyl (C=O) groups excluding carboxylic acids is 1. The van der Waals surface area contributed by atoms with E-state index in [1.165, 1.54) is 10.8 Å². The van der Waals surface area contributed by atoms with Crippen molar-refractivity contribution in [2.24, 2.45) is 0 Å².